The summed E-state index contributed by atoms with van der Waals surface area (Å²) in [6.07, 6.45) is 0. The van der Waals surface area contributed by atoms with E-state index in [0.29, 0.717) is 0 Å². The summed E-state index contributed by atoms with van der Waals surface area (Å²) in [6.45, 7) is 8.62. The molecule has 0 spiro atoms. The summed E-state index contributed by atoms with van der Waals surface area (Å²) < 4.78 is 13.9. The van der Waals surface area contributed by atoms with Crippen molar-refractivity contribution in [1.82, 2.24) is 0 Å². The first-order valence-corrected chi connectivity index (χ1v) is 4.05. The molecule has 0 aromatic rings. The lowest BCUT2D eigenvalue weighted by Crippen LogP contribution is -2.46. The molecule has 1 atom stereocenters. The average Bonchev–Trinajstić information content (AvgIpc) is 1.83. The predicted octanol–water partition coefficient (Wildman–Crippen LogP) is 2.39. The molecule has 1 nitrogen and oxygen atoms in total. The Morgan fingerprint density at radius 1 is 1.27 bits per heavy atom. The van der Waals surface area contributed by atoms with Crippen LogP contribution in [0, 0.1) is 11.3 Å². The van der Waals surface area contributed by atoms with Crippen molar-refractivity contribution in [2.45, 2.75) is 40.3 Å². The van der Waals surface area contributed by atoms with Crippen molar-refractivity contribution in [1.29, 1.82) is 0 Å². The third-order valence-corrected chi connectivity index (χ3v) is 2.39. The molecule has 0 amide bonds. The van der Waals surface area contributed by atoms with Crippen LogP contribution in [0.15, 0.2) is 0 Å². The first kappa shape index (κ1) is 10.9. The molecular formula is C9H19FO. The van der Waals surface area contributed by atoms with E-state index in [4.69, 9.17) is 5.11 Å². The third kappa shape index (κ3) is 1.92. The maximum Gasteiger partial charge on any atom is 0.141 e. The van der Waals surface area contributed by atoms with Gasteiger partial charge in [0.25, 0.3) is 0 Å². The van der Waals surface area contributed by atoms with Gasteiger partial charge < -0.3 is 5.11 Å². The zero-order valence-electron chi connectivity index (χ0n) is 8.11. The van der Waals surface area contributed by atoms with Gasteiger partial charge in [0.2, 0.25) is 0 Å². The van der Waals surface area contributed by atoms with E-state index < -0.39 is 17.7 Å². The SMILES string of the molecule is CC(C)C(F)(CO)C(C)(C)C. The lowest BCUT2D eigenvalue weighted by atomic mass is 9.72. The highest BCUT2D eigenvalue weighted by Gasteiger charge is 2.44. The lowest BCUT2D eigenvalue weighted by Gasteiger charge is -2.39. The molecule has 0 radical (unpaired) electrons. The number of aliphatic hydroxyl groups is 1. The minimum absolute atomic E-state index is 0.146. The Labute approximate surface area is 68.6 Å². The van der Waals surface area contributed by atoms with Crippen LogP contribution in [0.4, 0.5) is 4.39 Å². The number of hydrogen-bond donors (Lipinski definition) is 1. The van der Waals surface area contributed by atoms with Gasteiger partial charge >= 0.3 is 0 Å². The molecule has 0 fully saturated rings. The normalized spacial score (nSPS) is 18.5. The highest BCUT2D eigenvalue weighted by Crippen LogP contribution is 2.39. The summed E-state index contributed by atoms with van der Waals surface area (Å²) in [5, 5.41) is 8.92. The van der Waals surface area contributed by atoms with Gasteiger partial charge in [0.15, 0.2) is 0 Å². The monoisotopic (exact) mass is 162 g/mol. The molecular weight excluding hydrogens is 143 g/mol. The molecule has 0 heterocycles. The molecule has 0 saturated carbocycles. The van der Waals surface area contributed by atoms with Gasteiger partial charge in [-0.1, -0.05) is 34.6 Å². The van der Waals surface area contributed by atoms with E-state index in [0.717, 1.165) is 0 Å². The molecule has 2 heteroatoms. The highest BCUT2D eigenvalue weighted by molar-refractivity contribution is 4.92. The van der Waals surface area contributed by atoms with Gasteiger partial charge in [0.05, 0.1) is 6.61 Å². The Hall–Kier alpha value is -0.110. The van der Waals surface area contributed by atoms with E-state index in [2.05, 4.69) is 0 Å². The van der Waals surface area contributed by atoms with Crippen LogP contribution in [-0.2, 0) is 0 Å². The number of aliphatic hydroxyl groups excluding tert-OH is 1. The molecule has 1 N–H and O–H groups in total. The molecule has 0 aromatic carbocycles. The Morgan fingerprint density at radius 3 is 1.64 bits per heavy atom. The zero-order chi connectivity index (χ0) is 9.28. The molecule has 0 aliphatic carbocycles. The van der Waals surface area contributed by atoms with Crippen molar-refractivity contribution in [3.05, 3.63) is 0 Å². The largest absolute Gasteiger partial charge is 0.393 e. The summed E-state index contributed by atoms with van der Waals surface area (Å²) in [6, 6.07) is 0. The van der Waals surface area contributed by atoms with Crippen LogP contribution in [0.2, 0.25) is 0 Å². The average molecular weight is 162 g/mol. The second kappa shape index (κ2) is 3.10. The fourth-order valence-corrected chi connectivity index (χ4v) is 1.29. The van der Waals surface area contributed by atoms with E-state index in [-0.39, 0.29) is 5.92 Å². The molecule has 0 bridgehead atoms. The van der Waals surface area contributed by atoms with Crippen molar-refractivity contribution in [2.75, 3.05) is 6.61 Å². The molecule has 0 rings (SSSR count). The number of hydrogen-bond acceptors (Lipinski definition) is 1. The van der Waals surface area contributed by atoms with E-state index in [9.17, 15) is 4.39 Å². The Balaban J connectivity index is 4.61. The summed E-state index contributed by atoms with van der Waals surface area (Å²) in [5.74, 6) is -0.146. The fourth-order valence-electron chi connectivity index (χ4n) is 1.29. The second-order valence-corrected chi connectivity index (χ2v) is 4.43. The second-order valence-electron chi connectivity index (χ2n) is 4.43. The van der Waals surface area contributed by atoms with E-state index in [1.165, 1.54) is 0 Å². The number of halogens is 1. The first-order chi connectivity index (χ1) is 4.75. The van der Waals surface area contributed by atoms with Crippen LogP contribution in [0.3, 0.4) is 0 Å². The van der Waals surface area contributed by atoms with Gasteiger partial charge in [-0.25, -0.2) is 4.39 Å². The van der Waals surface area contributed by atoms with E-state index >= 15 is 0 Å². The molecule has 0 aliphatic rings. The Bertz CT molecular complexity index is 126. The molecule has 1 unspecified atom stereocenters. The fraction of sp³-hybridized carbons (Fsp3) is 1.00. The minimum Gasteiger partial charge on any atom is -0.393 e. The van der Waals surface area contributed by atoms with Crippen LogP contribution in [0.1, 0.15) is 34.6 Å². The van der Waals surface area contributed by atoms with Gasteiger partial charge in [-0.2, -0.15) is 0 Å². The van der Waals surface area contributed by atoms with E-state index in [1.54, 1.807) is 13.8 Å². The van der Waals surface area contributed by atoms with Gasteiger partial charge in [-0.05, 0) is 11.3 Å². The summed E-state index contributed by atoms with van der Waals surface area (Å²) in [4.78, 5) is 0. The molecule has 0 saturated heterocycles. The molecule has 68 valence electrons. The van der Waals surface area contributed by atoms with Gasteiger partial charge in [0, 0.05) is 0 Å². The Kier molecular flexibility index (Phi) is 3.06. The van der Waals surface area contributed by atoms with Crippen LogP contribution >= 0.6 is 0 Å². The predicted molar refractivity (Wildman–Crippen MR) is 45.2 cm³/mol. The van der Waals surface area contributed by atoms with E-state index in [1.807, 2.05) is 20.8 Å². The van der Waals surface area contributed by atoms with Gasteiger partial charge in [-0.3, -0.25) is 0 Å². The third-order valence-electron chi connectivity index (χ3n) is 2.39. The van der Waals surface area contributed by atoms with Crippen molar-refractivity contribution >= 4 is 0 Å². The summed E-state index contributed by atoms with van der Waals surface area (Å²) in [7, 11) is 0. The molecule has 0 aliphatic heterocycles. The number of rotatable bonds is 2. The van der Waals surface area contributed by atoms with Crippen LogP contribution in [-0.4, -0.2) is 17.4 Å². The standard InChI is InChI=1S/C9H19FO/c1-7(2)9(10,6-11)8(3,4)5/h7,11H,6H2,1-5H3. The first-order valence-electron chi connectivity index (χ1n) is 4.05. The quantitative estimate of drug-likeness (QED) is 0.661. The van der Waals surface area contributed by atoms with Crippen molar-refractivity contribution in [2.24, 2.45) is 11.3 Å². The van der Waals surface area contributed by atoms with Crippen molar-refractivity contribution in [3.8, 4) is 0 Å². The maximum absolute atomic E-state index is 13.9. The minimum atomic E-state index is -1.47. The summed E-state index contributed by atoms with van der Waals surface area (Å²) >= 11 is 0. The highest BCUT2D eigenvalue weighted by atomic mass is 19.1. The summed E-state index contributed by atoms with van der Waals surface area (Å²) in [5.41, 5.74) is -1.96. The van der Waals surface area contributed by atoms with Crippen molar-refractivity contribution in [3.63, 3.8) is 0 Å². The smallest absolute Gasteiger partial charge is 0.141 e. The van der Waals surface area contributed by atoms with Crippen LogP contribution in [0.25, 0.3) is 0 Å². The Morgan fingerprint density at radius 2 is 1.64 bits per heavy atom. The topological polar surface area (TPSA) is 20.2 Å². The zero-order valence-corrected chi connectivity index (χ0v) is 8.11. The van der Waals surface area contributed by atoms with Gasteiger partial charge in [-0.15, -0.1) is 0 Å². The molecule has 11 heavy (non-hydrogen) atoms. The number of alkyl halides is 1. The van der Waals surface area contributed by atoms with Gasteiger partial charge in [0.1, 0.15) is 5.67 Å². The van der Waals surface area contributed by atoms with Crippen LogP contribution < -0.4 is 0 Å². The lowest BCUT2D eigenvalue weighted by molar-refractivity contribution is -0.0588. The molecule has 0 aromatic heterocycles. The van der Waals surface area contributed by atoms with Crippen molar-refractivity contribution < 1.29 is 9.50 Å². The van der Waals surface area contributed by atoms with Crippen LogP contribution in [0.5, 0.6) is 0 Å². The maximum atomic E-state index is 13.9.